The van der Waals surface area contributed by atoms with Crippen molar-refractivity contribution in [3.8, 4) is 0 Å². The van der Waals surface area contributed by atoms with E-state index < -0.39 is 0 Å². The Bertz CT molecular complexity index is 466. The molecule has 1 N–H and O–H groups in total. The number of aliphatic hydroxyl groups is 1. The third kappa shape index (κ3) is 2.23. The van der Waals surface area contributed by atoms with Crippen LogP contribution in [0, 0.1) is 6.92 Å². The van der Waals surface area contributed by atoms with Gasteiger partial charge in [0.15, 0.2) is 0 Å². The summed E-state index contributed by atoms with van der Waals surface area (Å²) in [6, 6.07) is 3.51. The van der Waals surface area contributed by atoms with Crippen LogP contribution in [0.5, 0.6) is 0 Å². The summed E-state index contributed by atoms with van der Waals surface area (Å²) in [7, 11) is 2.22. The third-order valence-corrected chi connectivity index (χ3v) is 5.16. The minimum atomic E-state index is -0.229. The van der Waals surface area contributed by atoms with Crippen molar-refractivity contribution in [2.45, 2.75) is 64.1 Å². The zero-order valence-electron chi connectivity index (χ0n) is 12.4. The molecule has 3 nitrogen and oxygen atoms in total. The van der Waals surface area contributed by atoms with E-state index in [1.165, 1.54) is 36.3 Å². The quantitative estimate of drug-likeness (QED) is 0.843. The second-order valence-electron chi connectivity index (χ2n) is 6.47. The molecule has 106 valence electrons. The number of likely N-dealkylation sites (tertiary alicyclic amines) is 1. The van der Waals surface area contributed by atoms with E-state index >= 15 is 0 Å². The normalized spacial score (nSPS) is 32.3. The Morgan fingerprint density at radius 2 is 2.11 bits per heavy atom. The Kier molecular flexibility index (Phi) is 3.44. The predicted molar refractivity (Wildman–Crippen MR) is 77.4 cm³/mol. The predicted octanol–water partition coefficient (Wildman–Crippen LogP) is 2.82. The summed E-state index contributed by atoms with van der Waals surface area (Å²) in [6.07, 6.45) is 5.43. The molecular formula is C16H26N2O. The average molecular weight is 262 g/mol. The number of piperidine rings is 1. The molecule has 0 radical (unpaired) electrons. The number of aromatic nitrogens is 1. The Balaban J connectivity index is 1.93. The van der Waals surface area contributed by atoms with E-state index in [2.05, 4.69) is 36.4 Å². The summed E-state index contributed by atoms with van der Waals surface area (Å²) in [4.78, 5) is 2.45. The fourth-order valence-electron chi connectivity index (χ4n) is 3.91. The van der Waals surface area contributed by atoms with Gasteiger partial charge in [0, 0.05) is 35.6 Å². The van der Waals surface area contributed by atoms with E-state index in [1.807, 2.05) is 0 Å². The summed E-state index contributed by atoms with van der Waals surface area (Å²) in [6.45, 7) is 5.71. The molecule has 1 aliphatic heterocycles. The van der Waals surface area contributed by atoms with Gasteiger partial charge in [0.05, 0.1) is 6.10 Å². The van der Waals surface area contributed by atoms with E-state index in [4.69, 9.17) is 0 Å². The molecule has 19 heavy (non-hydrogen) atoms. The van der Waals surface area contributed by atoms with Crippen LogP contribution in [-0.2, 0) is 6.42 Å². The summed E-state index contributed by atoms with van der Waals surface area (Å²) in [5.74, 6) is 0. The van der Waals surface area contributed by atoms with Gasteiger partial charge < -0.3 is 14.6 Å². The molecule has 3 atom stereocenters. The molecule has 1 saturated heterocycles. The first kappa shape index (κ1) is 13.2. The number of nitrogens with zero attached hydrogens (tertiary/aromatic N) is 2. The van der Waals surface area contributed by atoms with Gasteiger partial charge in [0.1, 0.15) is 0 Å². The van der Waals surface area contributed by atoms with Crippen molar-refractivity contribution in [3.63, 3.8) is 0 Å². The second kappa shape index (κ2) is 4.95. The van der Waals surface area contributed by atoms with Crippen molar-refractivity contribution in [2.75, 3.05) is 13.6 Å². The Morgan fingerprint density at radius 1 is 1.32 bits per heavy atom. The van der Waals surface area contributed by atoms with Crippen LogP contribution in [0.1, 0.15) is 61.7 Å². The summed E-state index contributed by atoms with van der Waals surface area (Å²) >= 11 is 0. The van der Waals surface area contributed by atoms with Crippen LogP contribution in [0.3, 0.4) is 0 Å². The highest BCUT2D eigenvalue weighted by Crippen LogP contribution is 2.37. The molecule has 2 heterocycles. The van der Waals surface area contributed by atoms with Crippen LogP contribution in [0.15, 0.2) is 6.07 Å². The molecule has 1 fully saturated rings. The fraction of sp³-hybridized carbons (Fsp3) is 0.750. The van der Waals surface area contributed by atoms with Crippen molar-refractivity contribution in [1.82, 2.24) is 9.47 Å². The van der Waals surface area contributed by atoms with Crippen LogP contribution in [0.4, 0.5) is 0 Å². The topological polar surface area (TPSA) is 28.4 Å². The van der Waals surface area contributed by atoms with Crippen LogP contribution >= 0.6 is 0 Å². The van der Waals surface area contributed by atoms with Gasteiger partial charge in [-0.1, -0.05) is 0 Å². The van der Waals surface area contributed by atoms with Crippen molar-refractivity contribution in [2.24, 2.45) is 0 Å². The van der Waals surface area contributed by atoms with Gasteiger partial charge in [0.25, 0.3) is 0 Å². The van der Waals surface area contributed by atoms with Gasteiger partial charge in [-0.2, -0.15) is 0 Å². The lowest BCUT2D eigenvalue weighted by atomic mass is 9.93. The lowest BCUT2D eigenvalue weighted by molar-refractivity contribution is 0.145. The molecule has 3 heteroatoms. The largest absolute Gasteiger partial charge is 0.388 e. The highest BCUT2D eigenvalue weighted by Gasteiger charge is 2.29. The first-order chi connectivity index (χ1) is 9.08. The number of rotatable bonds is 1. The van der Waals surface area contributed by atoms with E-state index in [-0.39, 0.29) is 6.10 Å². The SMILES string of the molecule is Cc1cc2c(n1C1CCN(C)C(C)C1)CCCC2O. The van der Waals surface area contributed by atoms with E-state index in [0.717, 1.165) is 19.3 Å². The number of hydrogen-bond donors (Lipinski definition) is 1. The van der Waals surface area contributed by atoms with Crippen molar-refractivity contribution < 1.29 is 5.11 Å². The third-order valence-electron chi connectivity index (χ3n) is 5.16. The summed E-state index contributed by atoms with van der Waals surface area (Å²) < 4.78 is 2.54. The van der Waals surface area contributed by atoms with Crippen LogP contribution in [0.2, 0.25) is 0 Å². The van der Waals surface area contributed by atoms with Gasteiger partial charge in [-0.15, -0.1) is 0 Å². The number of hydrogen-bond acceptors (Lipinski definition) is 2. The van der Waals surface area contributed by atoms with E-state index in [9.17, 15) is 5.11 Å². The van der Waals surface area contributed by atoms with E-state index in [0.29, 0.717) is 12.1 Å². The zero-order chi connectivity index (χ0) is 13.6. The fourth-order valence-corrected chi connectivity index (χ4v) is 3.91. The zero-order valence-corrected chi connectivity index (χ0v) is 12.4. The summed E-state index contributed by atoms with van der Waals surface area (Å²) in [5.41, 5.74) is 3.96. The molecule has 0 saturated carbocycles. The number of aryl methyl sites for hydroxylation is 1. The van der Waals surface area contributed by atoms with Crippen LogP contribution < -0.4 is 0 Å². The van der Waals surface area contributed by atoms with Gasteiger partial charge in [-0.25, -0.2) is 0 Å². The first-order valence-electron chi connectivity index (χ1n) is 7.67. The summed E-state index contributed by atoms with van der Waals surface area (Å²) in [5, 5.41) is 10.2. The number of aliphatic hydroxyl groups excluding tert-OH is 1. The Hall–Kier alpha value is -0.800. The van der Waals surface area contributed by atoms with Crippen LogP contribution in [0.25, 0.3) is 0 Å². The maximum Gasteiger partial charge on any atom is 0.0807 e. The van der Waals surface area contributed by atoms with E-state index in [1.54, 1.807) is 0 Å². The number of fused-ring (bicyclic) bond motifs is 1. The molecule has 0 bridgehead atoms. The Morgan fingerprint density at radius 3 is 2.84 bits per heavy atom. The molecule has 2 aliphatic rings. The molecular weight excluding hydrogens is 236 g/mol. The van der Waals surface area contributed by atoms with Gasteiger partial charge in [-0.05, 0) is 59.1 Å². The molecule has 1 aromatic heterocycles. The standard InChI is InChI=1S/C16H26N2O/c1-11-9-13(7-8-17(11)3)18-12(2)10-14-15(18)5-4-6-16(14)19/h10-11,13,16,19H,4-9H2,1-3H3. The lowest BCUT2D eigenvalue weighted by Gasteiger charge is -2.37. The average Bonchev–Trinajstić information content (AvgIpc) is 2.71. The highest BCUT2D eigenvalue weighted by atomic mass is 16.3. The molecule has 3 unspecified atom stereocenters. The molecule has 3 rings (SSSR count). The monoisotopic (exact) mass is 262 g/mol. The maximum atomic E-state index is 10.2. The molecule has 1 aromatic rings. The minimum Gasteiger partial charge on any atom is -0.388 e. The molecule has 0 spiro atoms. The van der Waals surface area contributed by atoms with Crippen molar-refractivity contribution in [3.05, 3.63) is 23.0 Å². The van der Waals surface area contributed by atoms with Crippen LogP contribution in [-0.4, -0.2) is 34.2 Å². The maximum absolute atomic E-state index is 10.2. The first-order valence-corrected chi connectivity index (χ1v) is 7.67. The second-order valence-corrected chi connectivity index (χ2v) is 6.47. The molecule has 0 aromatic carbocycles. The van der Waals surface area contributed by atoms with Gasteiger partial charge in [-0.3, -0.25) is 0 Å². The minimum absolute atomic E-state index is 0.229. The Labute approximate surface area is 116 Å². The van der Waals surface area contributed by atoms with Crippen molar-refractivity contribution in [1.29, 1.82) is 0 Å². The smallest absolute Gasteiger partial charge is 0.0807 e. The molecule has 1 aliphatic carbocycles. The van der Waals surface area contributed by atoms with Gasteiger partial charge in [0.2, 0.25) is 0 Å². The molecule has 0 amide bonds. The van der Waals surface area contributed by atoms with Crippen molar-refractivity contribution >= 4 is 0 Å². The van der Waals surface area contributed by atoms with Gasteiger partial charge >= 0.3 is 0 Å². The highest BCUT2D eigenvalue weighted by molar-refractivity contribution is 5.32. The lowest BCUT2D eigenvalue weighted by Crippen LogP contribution is -2.39.